The molecule has 0 saturated heterocycles. The van der Waals surface area contributed by atoms with Crippen molar-refractivity contribution < 1.29 is 17.6 Å². The Hall–Kier alpha value is -1.80. The maximum atomic E-state index is 12.3. The van der Waals surface area contributed by atoms with E-state index in [-0.39, 0.29) is 16.5 Å². The lowest BCUT2D eigenvalue weighted by Gasteiger charge is -2.08. The minimum atomic E-state index is -3.70. The Balaban J connectivity index is 1.72. The summed E-state index contributed by atoms with van der Waals surface area (Å²) in [5.74, 6) is 1.66. The summed E-state index contributed by atoms with van der Waals surface area (Å²) in [4.78, 5) is 1.06. The number of rotatable bonds is 6. The fraction of sp³-hybridized carbons (Fsp3) is 0.125. The summed E-state index contributed by atoms with van der Waals surface area (Å²) in [6.07, 6.45) is 0. The molecule has 126 valence electrons. The lowest BCUT2D eigenvalue weighted by molar-refractivity contribution is 0.414. The zero-order valence-electron chi connectivity index (χ0n) is 12.7. The van der Waals surface area contributed by atoms with Crippen molar-refractivity contribution in [1.82, 2.24) is 4.72 Å². The zero-order valence-corrected chi connectivity index (χ0v) is 15.0. The van der Waals surface area contributed by atoms with Crippen molar-refractivity contribution >= 4 is 33.0 Å². The van der Waals surface area contributed by atoms with E-state index in [0.29, 0.717) is 17.3 Å². The summed E-state index contributed by atoms with van der Waals surface area (Å²) in [5.41, 5.74) is 0. The molecule has 3 rings (SSSR count). The second-order valence-electron chi connectivity index (χ2n) is 4.86. The van der Waals surface area contributed by atoms with Crippen LogP contribution in [0.5, 0.6) is 5.75 Å². The van der Waals surface area contributed by atoms with Gasteiger partial charge in [-0.25, -0.2) is 13.1 Å². The molecular formula is C16H14ClNO4S2. The molecule has 0 aliphatic rings. The third-order valence-electron chi connectivity index (χ3n) is 3.30. The number of halogens is 1. The Labute approximate surface area is 148 Å². The van der Waals surface area contributed by atoms with Gasteiger partial charge in [-0.1, -0.05) is 17.7 Å². The topological polar surface area (TPSA) is 68.5 Å². The number of sulfonamides is 1. The zero-order chi connectivity index (χ0) is 17.2. The SMILES string of the molecule is COc1ccc(S(=O)(=O)NCc2ccc(-c3cccs3)o2)cc1Cl. The third kappa shape index (κ3) is 3.64. The molecule has 8 heteroatoms. The Morgan fingerprint density at radius 2 is 2.08 bits per heavy atom. The molecule has 0 atom stereocenters. The van der Waals surface area contributed by atoms with Crippen LogP contribution in [-0.2, 0) is 16.6 Å². The lowest BCUT2D eigenvalue weighted by atomic mass is 10.3. The molecule has 24 heavy (non-hydrogen) atoms. The van der Waals surface area contributed by atoms with Gasteiger partial charge in [0, 0.05) is 0 Å². The Kier molecular flexibility index (Phi) is 4.96. The second-order valence-corrected chi connectivity index (χ2v) is 7.99. The van der Waals surface area contributed by atoms with Gasteiger partial charge in [0.15, 0.2) is 0 Å². The molecule has 2 heterocycles. The van der Waals surface area contributed by atoms with Crippen LogP contribution in [0.2, 0.25) is 5.02 Å². The predicted octanol–water partition coefficient (Wildman–Crippen LogP) is 4.15. The Morgan fingerprint density at radius 3 is 2.75 bits per heavy atom. The first-order valence-electron chi connectivity index (χ1n) is 6.95. The van der Waals surface area contributed by atoms with E-state index in [0.717, 1.165) is 4.88 Å². The van der Waals surface area contributed by atoms with Crippen LogP contribution in [0.1, 0.15) is 5.76 Å². The molecular weight excluding hydrogens is 370 g/mol. The van der Waals surface area contributed by atoms with Crippen molar-refractivity contribution in [2.45, 2.75) is 11.4 Å². The molecule has 0 aliphatic carbocycles. The van der Waals surface area contributed by atoms with Crippen molar-refractivity contribution in [3.05, 3.63) is 58.6 Å². The lowest BCUT2D eigenvalue weighted by Crippen LogP contribution is -2.23. The van der Waals surface area contributed by atoms with E-state index < -0.39 is 10.0 Å². The van der Waals surface area contributed by atoms with Gasteiger partial charge in [0.1, 0.15) is 17.3 Å². The number of benzene rings is 1. The standard InChI is InChI=1S/C16H14ClNO4S2/c1-21-14-7-5-12(9-13(14)17)24(19,20)18-10-11-4-6-15(22-11)16-3-2-8-23-16/h2-9,18H,10H2,1H3. The number of furan rings is 1. The van der Waals surface area contributed by atoms with Crippen LogP contribution in [0.4, 0.5) is 0 Å². The fourth-order valence-corrected chi connectivity index (χ4v) is 4.12. The molecule has 0 fully saturated rings. The van der Waals surface area contributed by atoms with Crippen molar-refractivity contribution in [1.29, 1.82) is 0 Å². The van der Waals surface area contributed by atoms with E-state index >= 15 is 0 Å². The van der Waals surface area contributed by atoms with Crippen LogP contribution in [0.25, 0.3) is 10.6 Å². The monoisotopic (exact) mass is 383 g/mol. The van der Waals surface area contributed by atoms with Crippen LogP contribution >= 0.6 is 22.9 Å². The molecule has 0 bridgehead atoms. The van der Waals surface area contributed by atoms with Gasteiger partial charge in [-0.3, -0.25) is 0 Å². The van der Waals surface area contributed by atoms with Gasteiger partial charge in [-0.05, 0) is 41.8 Å². The summed E-state index contributed by atoms with van der Waals surface area (Å²) in [5, 5.41) is 2.19. The van der Waals surface area contributed by atoms with E-state index in [1.807, 2.05) is 23.6 Å². The maximum Gasteiger partial charge on any atom is 0.241 e. The van der Waals surface area contributed by atoms with E-state index in [4.69, 9.17) is 20.8 Å². The third-order valence-corrected chi connectivity index (χ3v) is 5.87. The van der Waals surface area contributed by atoms with Crippen molar-refractivity contribution in [2.75, 3.05) is 7.11 Å². The molecule has 3 aromatic rings. The van der Waals surface area contributed by atoms with Gasteiger partial charge in [-0.15, -0.1) is 11.3 Å². The van der Waals surface area contributed by atoms with Gasteiger partial charge < -0.3 is 9.15 Å². The van der Waals surface area contributed by atoms with Gasteiger partial charge in [0.2, 0.25) is 10.0 Å². The largest absolute Gasteiger partial charge is 0.495 e. The number of ether oxygens (including phenoxy) is 1. The molecule has 0 radical (unpaired) electrons. The number of nitrogens with one attached hydrogen (secondary N) is 1. The van der Waals surface area contributed by atoms with Crippen molar-refractivity contribution in [2.24, 2.45) is 0 Å². The minimum absolute atomic E-state index is 0.0529. The van der Waals surface area contributed by atoms with Crippen LogP contribution in [0.15, 0.2) is 57.2 Å². The smallest absolute Gasteiger partial charge is 0.241 e. The van der Waals surface area contributed by atoms with E-state index in [1.165, 1.54) is 25.3 Å². The fourth-order valence-electron chi connectivity index (χ4n) is 2.09. The molecule has 0 spiro atoms. The average Bonchev–Trinajstić information content (AvgIpc) is 3.24. The van der Waals surface area contributed by atoms with Crippen molar-refractivity contribution in [3.63, 3.8) is 0 Å². The average molecular weight is 384 g/mol. The molecule has 1 N–H and O–H groups in total. The highest BCUT2D eigenvalue weighted by atomic mass is 35.5. The van der Waals surface area contributed by atoms with E-state index in [9.17, 15) is 8.42 Å². The molecule has 1 aromatic carbocycles. The summed E-state index contributed by atoms with van der Waals surface area (Å²) >= 11 is 7.53. The summed E-state index contributed by atoms with van der Waals surface area (Å²) < 4.78 is 37.9. The number of hydrogen-bond acceptors (Lipinski definition) is 5. The first-order chi connectivity index (χ1) is 11.5. The molecule has 2 aromatic heterocycles. The van der Waals surface area contributed by atoms with Gasteiger partial charge in [0.25, 0.3) is 0 Å². The number of hydrogen-bond donors (Lipinski definition) is 1. The highest BCUT2D eigenvalue weighted by Gasteiger charge is 2.17. The first kappa shape index (κ1) is 17.0. The highest BCUT2D eigenvalue weighted by molar-refractivity contribution is 7.89. The maximum absolute atomic E-state index is 12.3. The Morgan fingerprint density at radius 1 is 1.25 bits per heavy atom. The van der Waals surface area contributed by atoms with Crippen LogP contribution < -0.4 is 9.46 Å². The quantitative estimate of drug-likeness (QED) is 0.694. The summed E-state index contributed by atoms with van der Waals surface area (Å²) in [6.45, 7) is 0.0529. The van der Waals surface area contributed by atoms with Crippen molar-refractivity contribution in [3.8, 4) is 16.4 Å². The molecule has 0 aliphatic heterocycles. The van der Waals surface area contributed by atoms with Gasteiger partial charge in [0.05, 0.1) is 28.4 Å². The minimum Gasteiger partial charge on any atom is -0.495 e. The van der Waals surface area contributed by atoms with Crippen LogP contribution in [-0.4, -0.2) is 15.5 Å². The second kappa shape index (κ2) is 6.98. The number of thiophene rings is 1. The molecule has 0 saturated carbocycles. The number of methoxy groups -OCH3 is 1. The van der Waals surface area contributed by atoms with Gasteiger partial charge >= 0.3 is 0 Å². The van der Waals surface area contributed by atoms with E-state index in [1.54, 1.807) is 17.4 Å². The predicted molar refractivity (Wildman–Crippen MR) is 94.1 cm³/mol. The van der Waals surface area contributed by atoms with Crippen LogP contribution in [0.3, 0.4) is 0 Å². The molecule has 0 amide bonds. The molecule has 5 nitrogen and oxygen atoms in total. The van der Waals surface area contributed by atoms with Crippen LogP contribution in [0, 0.1) is 0 Å². The molecule has 0 unspecified atom stereocenters. The summed E-state index contributed by atoms with van der Waals surface area (Å²) in [6, 6.07) is 11.7. The first-order valence-corrected chi connectivity index (χ1v) is 9.69. The van der Waals surface area contributed by atoms with E-state index in [2.05, 4.69) is 4.72 Å². The highest BCUT2D eigenvalue weighted by Crippen LogP contribution is 2.28. The Bertz CT molecular complexity index is 933. The van der Waals surface area contributed by atoms with Gasteiger partial charge in [-0.2, -0.15) is 0 Å². The normalized spacial score (nSPS) is 11.6. The summed E-state index contributed by atoms with van der Waals surface area (Å²) in [7, 11) is -2.23.